The standard InChI is InChI=1S/C16H31N3O3/c1-6-11(2)14(16(21)22)17-15(20)12(3)19(5)13-7-9-18(4)10-8-13/h11-14H,6-10H2,1-5H3,(H,17,20)(H,21,22). The topological polar surface area (TPSA) is 72.9 Å². The number of likely N-dealkylation sites (tertiary alicyclic amines) is 1. The van der Waals surface area contributed by atoms with Crippen molar-refractivity contribution in [1.29, 1.82) is 0 Å². The van der Waals surface area contributed by atoms with E-state index < -0.39 is 12.0 Å². The van der Waals surface area contributed by atoms with E-state index in [2.05, 4.69) is 22.2 Å². The number of hydrogen-bond acceptors (Lipinski definition) is 4. The number of rotatable bonds is 7. The van der Waals surface area contributed by atoms with Gasteiger partial charge in [-0.05, 0) is 52.9 Å². The van der Waals surface area contributed by atoms with Crippen LogP contribution in [0.1, 0.15) is 40.0 Å². The van der Waals surface area contributed by atoms with Gasteiger partial charge in [0.05, 0.1) is 6.04 Å². The molecule has 1 fully saturated rings. The fourth-order valence-electron chi connectivity index (χ4n) is 2.86. The molecule has 1 saturated heterocycles. The van der Waals surface area contributed by atoms with Crippen molar-refractivity contribution in [3.8, 4) is 0 Å². The molecule has 0 bridgehead atoms. The molecule has 0 radical (unpaired) electrons. The molecule has 0 aromatic carbocycles. The van der Waals surface area contributed by atoms with Crippen molar-refractivity contribution < 1.29 is 14.7 Å². The van der Waals surface area contributed by atoms with E-state index in [1.165, 1.54) is 0 Å². The van der Waals surface area contributed by atoms with Crippen LogP contribution in [0.2, 0.25) is 0 Å². The second kappa shape index (κ2) is 8.48. The quantitative estimate of drug-likeness (QED) is 0.734. The number of nitrogens with one attached hydrogen (secondary N) is 1. The van der Waals surface area contributed by atoms with Gasteiger partial charge in [-0.25, -0.2) is 4.79 Å². The number of nitrogens with zero attached hydrogens (tertiary/aromatic N) is 2. The molecule has 1 heterocycles. The van der Waals surface area contributed by atoms with Gasteiger partial charge in [0.2, 0.25) is 5.91 Å². The summed E-state index contributed by atoms with van der Waals surface area (Å²) in [6, 6.07) is -0.756. The van der Waals surface area contributed by atoms with Crippen LogP contribution in [0.15, 0.2) is 0 Å². The van der Waals surface area contributed by atoms with E-state index in [4.69, 9.17) is 0 Å². The zero-order valence-electron chi connectivity index (χ0n) is 14.5. The molecule has 0 saturated carbocycles. The number of amides is 1. The maximum absolute atomic E-state index is 12.4. The molecule has 0 aromatic heterocycles. The monoisotopic (exact) mass is 313 g/mol. The molecule has 1 rings (SSSR count). The minimum Gasteiger partial charge on any atom is -0.480 e. The smallest absolute Gasteiger partial charge is 0.326 e. The van der Waals surface area contributed by atoms with Crippen molar-refractivity contribution in [3.05, 3.63) is 0 Å². The summed E-state index contributed by atoms with van der Waals surface area (Å²) in [5.74, 6) is -1.24. The second-order valence-electron chi connectivity index (χ2n) is 6.59. The molecule has 22 heavy (non-hydrogen) atoms. The van der Waals surface area contributed by atoms with Crippen molar-refractivity contribution in [2.75, 3.05) is 27.2 Å². The van der Waals surface area contributed by atoms with Gasteiger partial charge in [-0.1, -0.05) is 20.3 Å². The van der Waals surface area contributed by atoms with Gasteiger partial charge in [0, 0.05) is 6.04 Å². The maximum Gasteiger partial charge on any atom is 0.326 e. The Bertz CT molecular complexity index is 381. The number of carboxylic acids is 1. The number of aliphatic carboxylic acids is 1. The van der Waals surface area contributed by atoms with Crippen LogP contribution in [0.3, 0.4) is 0 Å². The lowest BCUT2D eigenvalue weighted by Gasteiger charge is -2.38. The van der Waals surface area contributed by atoms with Crippen molar-refractivity contribution in [1.82, 2.24) is 15.1 Å². The van der Waals surface area contributed by atoms with Gasteiger partial charge in [0.15, 0.2) is 0 Å². The van der Waals surface area contributed by atoms with E-state index in [9.17, 15) is 14.7 Å². The summed E-state index contributed by atoms with van der Waals surface area (Å²) in [7, 11) is 4.06. The van der Waals surface area contributed by atoms with E-state index in [-0.39, 0.29) is 17.9 Å². The third-order valence-electron chi connectivity index (χ3n) is 5.03. The van der Waals surface area contributed by atoms with E-state index in [0.717, 1.165) is 32.4 Å². The zero-order chi connectivity index (χ0) is 16.9. The number of piperidine rings is 1. The lowest BCUT2D eigenvalue weighted by atomic mass is 9.98. The Morgan fingerprint density at radius 1 is 1.32 bits per heavy atom. The van der Waals surface area contributed by atoms with Crippen LogP contribution in [0.25, 0.3) is 0 Å². The first-order valence-electron chi connectivity index (χ1n) is 8.21. The van der Waals surface area contributed by atoms with Crippen LogP contribution in [0.5, 0.6) is 0 Å². The molecule has 0 spiro atoms. The van der Waals surface area contributed by atoms with E-state index in [1.807, 2.05) is 27.8 Å². The SMILES string of the molecule is CCC(C)C(NC(=O)C(C)N(C)C1CCN(C)CC1)C(=O)O. The van der Waals surface area contributed by atoms with Gasteiger partial charge in [0.25, 0.3) is 0 Å². The molecule has 0 aliphatic carbocycles. The minimum atomic E-state index is -0.961. The highest BCUT2D eigenvalue weighted by Crippen LogP contribution is 2.17. The molecule has 1 amide bonds. The molecule has 2 N–H and O–H groups in total. The molecular formula is C16H31N3O3. The lowest BCUT2D eigenvalue weighted by molar-refractivity contribution is -0.144. The molecule has 1 aliphatic rings. The van der Waals surface area contributed by atoms with E-state index in [0.29, 0.717) is 6.04 Å². The molecule has 1 aliphatic heterocycles. The van der Waals surface area contributed by atoms with Gasteiger partial charge in [-0.3, -0.25) is 9.69 Å². The van der Waals surface area contributed by atoms with Crippen molar-refractivity contribution in [2.24, 2.45) is 5.92 Å². The first kappa shape index (κ1) is 18.9. The fourth-order valence-corrected chi connectivity index (χ4v) is 2.86. The van der Waals surface area contributed by atoms with Gasteiger partial charge in [-0.2, -0.15) is 0 Å². The Kier molecular flexibility index (Phi) is 7.29. The average Bonchev–Trinajstić information content (AvgIpc) is 2.50. The molecule has 6 nitrogen and oxygen atoms in total. The van der Waals surface area contributed by atoms with E-state index >= 15 is 0 Å². The Morgan fingerprint density at radius 3 is 2.32 bits per heavy atom. The van der Waals surface area contributed by atoms with Crippen LogP contribution in [0, 0.1) is 5.92 Å². The Hall–Kier alpha value is -1.14. The van der Waals surface area contributed by atoms with Crippen LogP contribution in [-0.4, -0.2) is 72.1 Å². The summed E-state index contributed by atoms with van der Waals surface area (Å²) in [6.07, 6.45) is 2.80. The number of carbonyl (C=O) groups excluding carboxylic acids is 1. The second-order valence-corrected chi connectivity index (χ2v) is 6.59. The molecule has 3 atom stereocenters. The highest BCUT2D eigenvalue weighted by molar-refractivity contribution is 5.86. The van der Waals surface area contributed by atoms with E-state index in [1.54, 1.807) is 0 Å². The highest BCUT2D eigenvalue weighted by atomic mass is 16.4. The van der Waals surface area contributed by atoms with Gasteiger partial charge in [0.1, 0.15) is 6.04 Å². The Morgan fingerprint density at radius 2 is 1.86 bits per heavy atom. The predicted molar refractivity (Wildman–Crippen MR) is 86.8 cm³/mol. The third-order valence-corrected chi connectivity index (χ3v) is 5.03. The van der Waals surface area contributed by atoms with Gasteiger partial charge >= 0.3 is 5.97 Å². The summed E-state index contributed by atoms with van der Waals surface area (Å²) in [6.45, 7) is 7.70. The van der Waals surface area contributed by atoms with Crippen LogP contribution < -0.4 is 5.32 Å². The predicted octanol–water partition coefficient (Wildman–Crippen LogP) is 1.02. The largest absolute Gasteiger partial charge is 0.480 e. The van der Waals surface area contributed by atoms with Crippen LogP contribution in [0.4, 0.5) is 0 Å². The molecule has 128 valence electrons. The number of carboxylic acid groups (broad SMARTS) is 1. The lowest BCUT2D eigenvalue weighted by Crippen LogP contribution is -2.54. The number of carbonyl (C=O) groups is 2. The average molecular weight is 313 g/mol. The first-order chi connectivity index (χ1) is 10.3. The first-order valence-corrected chi connectivity index (χ1v) is 8.21. The highest BCUT2D eigenvalue weighted by Gasteiger charge is 2.31. The summed E-state index contributed by atoms with van der Waals surface area (Å²) in [5.41, 5.74) is 0. The van der Waals surface area contributed by atoms with Crippen LogP contribution in [-0.2, 0) is 9.59 Å². The minimum absolute atomic E-state index is 0.0812. The Balaban J connectivity index is 2.61. The summed E-state index contributed by atoms with van der Waals surface area (Å²) in [5, 5.41) is 12.0. The maximum atomic E-state index is 12.4. The van der Waals surface area contributed by atoms with Gasteiger partial charge in [-0.15, -0.1) is 0 Å². The molecule has 0 aromatic rings. The summed E-state index contributed by atoms with van der Waals surface area (Å²) < 4.78 is 0. The van der Waals surface area contributed by atoms with Crippen molar-refractivity contribution in [2.45, 2.75) is 58.2 Å². The molecular weight excluding hydrogens is 282 g/mol. The van der Waals surface area contributed by atoms with Gasteiger partial charge < -0.3 is 15.3 Å². The zero-order valence-corrected chi connectivity index (χ0v) is 14.5. The number of likely N-dealkylation sites (N-methyl/N-ethyl adjacent to an activating group) is 1. The molecule has 6 heteroatoms. The summed E-state index contributed by atoms with van der Waals surface area (Å²) >= 11 is 0. The van der Waals surface area contributed by atoms with Crippen molar-refractivity contribution >= 4 is 11.9 Å². The fraction of sp³-hybridized carbons (Fsp3) is 0.875. The molecule has 3 unspecified atom stereocenters. The number of hydrogen-bond donors (Lipinski definition) is 2. The normalized spacial score (nSPS) is 21.4. The van der Waals surface area contributed by atoms with Crippen molar-refractivity contribution in [3.63, 3.8) is 0 Å². The van der Waals surface area contributed by atoms with Crippen LogP contribution >= 0.6 is 0 Å². The Labute approximate surface area is 133 Å². The third kappa shape index (κ3) is 4.95. The summed E-state index contributed by atoms with van der Waals surface area (Å²) in [4.78, 5) is 28.1.